The minimum Gasteiger partial charge on any atom is -0.418 e. The molecule has 0 aromatic heterocycles. The maximum absolute atomic E-state index is 10.8. The molecule has 0 aliphatic carbocycles. The van der Waals surface area contributed by atoms with E-state index in [-0.39, 0.29) is 6.54 Å². The molecule has 0 fully saturated rings. The summed E-state index contributed by atoms with van der Waals surface area (Å²) in [6, 6.07) is 0. The summed E-state index contributed by atoms with van der Waals surface area (Å²) in [6.45, 7) is 3.27. The average molecular weight is 245 g/mol. The molecule has 13 heavy (non-hydrogen) atoms. The first kappa shape index (κ1) is 12.6. The van der Waals surface area contributed by atoms with Crippen molar-refractivity contribution in [2.75, 3.05) is 6.54 Å². The molecular formula is C7H8Cl3NO2. The lowest BCUT2D eigenvalue weighted by Gasteiger charge is -2.10. The predicted molar refractivity (Wildman–Crippen MR) is 54.1 cm³/mol. The van der Waals surface area contributed by atoms with E-state index in [0.717, 1.165) is 0 Å². The van der Waals surface area contributed by atoms with E-state index in [1.54, 1.807) is 0 Å². The Morgan fingerprint density at radius 1 is 1.54 bits per heavy atom. The Morgan fingerprint density at radius 2 is 2.15 bits per heavy atom. The molecule has 0 saturated heterocycles. The third-order valence-corrected chi connectivity index (χ3v) is 1.22. The number of hydrogen-bond acceptors (Lipinski definition) is 2. The van der Waals surface area contributed by atoms with E-state index in [9.17, 15) is 4.79 Å². The fourth-order valence-corrected chi connectivity index (χ4v) is 0.571. The van der Waals surface area contributed by atoms with Crippen LogP contribution in [0.2, 0.25) is 0 Å². The van der Waals surface area contributed by atoms with Crippen LogP contribution in [-0.2, 0) is 4.74 Å². The van der Waals surface area contributed by atoms with Gasteiger partial charge < -0.3 is 10.1 Å². The number of halogens is 3. The molecule has 0 aliphatic heterocycles. The number of alkyl halides is 3. The zero-order valence-corrected chi connectivity index (χ0v) is 8.86. The number of alkyl carbamates (subject to hydrolysis) is 1. The fraction of sp³-hybridized carbons (Fsp3) is 0.286. The molecule has 0 atom stereocenters. The number of rotatable bonds is 3. The summed E-state index contributed by atoms with van der Waals surface area (Å²) in [5.41, 5.74) is 0. The van der Waals surface area contributed by atoms with E-state index in [4.69, 9.17) is 34.8 Å². The second kappa shape index (κ2) is 6.13. The van der Waals surface area contributed by atoms with Gasteiger partial charge in [0.05, 0.1) is 12.8 Å². The third kappa shape index (κ3) is 9.53. The van der Waals surface area contributed by atoms with Crippen molar-refractivity contribution in [3.63, 3.8) is 0 Å². The lowest BCUT2D eigenvalue weighted by molar-refractivity contribution is 0.185. The van der Waals surface area contributed by atoms with E-state index >= 15 is 0 Å². The van der Waals surface area contributed by atoms with Crippen LogP contribution < -0.4 is 5.32 Å². The number of ether oxygens (including phenoxy) is 1. The van der Waals surface area contributed by atoms with Gasteiger partial charge in [-0.15, -0.1) is 0 Å². The summed E-state index contributed by atoms with van der Waals surface area (Å²) < 4.78 is 2.99. The van der Waals surface area contributed by atoms with Crippen LogP contribution in [0.5, 0.6) is 0 Å². The van der Waals surface area contributed by atoms with Crippen molar-refractivity contribution >= 4 is 40.9 Å². The Kier molecular flexibility index (Phi) is 5.95. The highest BCUT2D eigenvalue weighted by molar-refractivity contribution is 6.67. The number of nitrogens with one attached hydrogen (secondary N) is 1. The summed E-state index contributed by atoms with van der Waals surface area (Å²) in [7, 11) is 0. The Hall–Kier alpha value is -0.380. The number of hydrogen-bond donors (Lipinski definition) is 1. The maximum Gasteiger partial charge on any atom is 0.412 e. The van der Waals surface area contributed by atoms with Crippen molar-refractivity contribution in [2.45, 2.75) is 3.79 Å². The van der Waals surface area contributed by atoms with Crippen LogP contribution in [0.25, 0.3) is 0 Å². The largest absolute Gasteiger partial charge is 0.418 e. The van der Waals surface area contributed by atoms with Gasteiger partial charge in [0.1, 0.15) is 0 Å². The zero-order chi connectivity index (χ0) is 10.3. The third-order valence-electron chi connectivity index (χ3n) is 0.823. The van der Waals surface area contributed by atoms with Gasteiger partial charge in [-0.1, -0.05) is 47.5 Å². The molecule has 0 rings (SSSR count). The summed E-state index contributed by atoms with van der Waals surface area (Å²) in [6.07, 6.45) is 3.39. The highest BCUT2D eigenvalue weighted by Gasteiger charge is 2.20. The number of allylic oxidation sites excluding steroid dienone is 2. The van der Waals surface area contributed by atoms with Gasteiger partial charge in [-0.2, -0.15) is 0 Å². The first-order valence-corrected chi connectivity index (χ1v) is 4.38. The van der Waals surface area contributed by atoms with Gasteiger partial charge in [0, 0.05) is 0 Å². The molecule has 6 heteroatoms. The normalized spacial score (nSPS) is 11.3. The van der Waals surface area contributed by atoms with E-state index in [1.807, 2.05) is 0 Å². The first-order valence-electron chi connectivity index (χ1n) is 3.24. The molecule has 0 unspecified atom stereocenters. The maximum atomic E-state index is 10.8. The predicted octanol–water partition coefficient (Wildman–Crippen LogP) is 2.78. The Bertz CT molecular complexity index is 210. The van der Waals surface area contributed by atoms with Crippen molar-refractivity contribution in [1.29, 1.82) is 0 Å². The van der Waals surface area contributed by atoms with Crippen molar-refractivity contribution in [3.05, 3.63) is 25.0 Å². The average Bonchev–Trinajstić information content (AvgIpc) is 2.00. The van der Waals surface area contributed by atoms with Gasteiger partial charge >= 0.3 is 6.09 Å². The van der Waals surface area contributed by atoms with Crippen LogP contribution in [0.4, 0.5) is 4.79 Å². The van der Waals surface area contributed by atoms with Crippen molar-refractivity contribution < 1.29 is 9.53 Å². The molecule has 0 aromatic rings. The summed E-state index contributed by atoms with van der Waals surface area (Å²) >= 11 is 16.1. The second-order valence-corrected chi connectivity index (χ2v) is 4.45. The molecule has 0 radical (unpaired) electrons. The fourth-order valence-electron chi connectivity index (χ4n) is 0.371. The van der Waals surface area contributed by atoms with Crippen molar-refractivity contribution in [3.8, 4) is 0 Å². The van der Waals surface area contributed by atoms with Crippen LogP contribution in [0.15, 0.2) is 25.0 Å². The molecule has 0 spiro atoms. The van der Waals surface area contributed by atoms with E-state index in [2.05, 4.69) is 16.6 Å². The van der Waals surface area contributed by atoms with E-state index in [1.165, 1.54) is 18.4 Å². The van der Waals surface area contributed by atoms with Crippen LogP contribution in [-0.4, -0.2) is 16.4 Å². The smallest absolute Gasteiger partial charge is 0.412 e. The molecule has 3 nitrogen and oxygen atoms in total. The van der Waals surface area contributed by atoms with Gasteiger partial charge in [0.2, 0.25) is 3.79 Å². The van der Waals surface area contributed by atoms with Gasteiger partial charge in [-0.25, -0.2) is 4.79 Å². The van der Waals surface area contributed by atoms with Gasteiger partial charge in [0.25, 0.3) is 0 Å². The number of amides is 1. The van der Waals surface area contributed by atoms with Crippen LogP contribution in [0.3, 0.4) is 0 Å². The second-order valence-electron chi connectivity index (χ2n) is 1.94. The minimum atomic E-state index is -1.51. The van der Waals surface area contributed by atoms with Gasteiger partial charge in [-0.3, -0.25) is 0 Å². The Balaban J connectivity index is 3.64. The van der Waals surface area contributed by atoms with Gasteiger partial charge in [0.15, 0.2) is 0 Å². The molecule has 0 bridgehead atoms. The minimum absolute atomic E-state index is 0.113. The molecule has 1 N–H and O–H groups in total. The monoisotopic (exact) mass is 243 g/mol. The number of carbonyl (C=O) groups excluding carboxylic acids is 1. The van der Waals surface area contributed by atoms with Gasteiger partial charge in [-0.05, 0) is 6.08 Å². The van der Waals surface area contributed by atoms with Crippen molar-refractivity contribution in [2.24, 2.45) is 0 Å². The molecule has 0 heterocycles. The first-order chi connectivity index (χ1) is 5.95. The lowest BCUT2D eigenvalue weighted by Crippen LogP contribution is -2.31. The lowest BCUT2D eigenvalue weighted by atomic mass is 10.6. The van der Waals surface area contributed by atoms with Crippen LogP contribution >= 0.6 is 34.8 Å². The molecule has 0 aliphatic rings. The molecule has 1 amide bonds. The highest BCUT2D eigenvalue weighted by Crippen LogP contribution is 2.24. The topological polar surface area (TPSA) is 38.3 Å². The molecular weight excluding hydrogens is 236 g/mol. The summed E-state index contributed by atoms with van der Waals surface area (Å²) in [5, 5.41) is 2.24. The quantitative estimate of drug-likeness (QED) is 0.471. The van der Waals surface area contributed by atoms with Crippen LogP contribution in [0.1, 0.15) is 0 Å². The Morgan fingerprint density at radius 3 is 2.62 bits per heavy atom. The summed E-state index contributed by atoms with van der Waals surface area (Å²) in [5.74, 6) is 0. The summed E-state index contributed by atoms with van der Waals surface area (Å²) in [4.78, 5) is 10.8. The molecule has 0 saturated carbocycles. The zero-order valence-electron chi connectivity index (χ0n) is 6.60. The number of carbonyl (C=O) groups is 1. The van der Waals surface area contributed by atoms with E-state index in [0.29, 0.717) is 0 Å². The van der Waals surface area contributed by atoms with Crippen LogP contribution in [0, 0.1) is 0 Å². The highest BCUT2D eigenvalue weighted by atomic mass is 35.6. The molecule has 0 aromatic carbocycles. The van der Waals surface area contributed by atoms with Crippen molar-refractivity contribution in [1.82, 2.24) is 5.32 Å². The Labute approximate surface area is 91.3 Å². The SMILES string of the molecule is C=C/C=C/OC(=O)NCC(Cl)(Cl)Cl. The van der Waals surface area contributed by atoms with E-state index < -0.39 is 9.89 Å². The standard InChI is InChI=1S/C7H8Cl3NO2/c1-2-3-4-13-6(12)11-5-7(8,9)10/h2-4H,1,5H2,(H,11,12)/b4-3+. The molecule has 74 valence electrons.